The van der Waals surface area contributed by atoms with Gasteiger partial charge in [0.05, 0.1) is 6.54 Å². The maximum Gasteiger partial charge on any atom is 0.234 e. The van der Waals surface area contributed by atoms with E-state index >= 15 is 0 Å². The molecule has 1 fully saturated rings. The van der Waals surface area contributed by atoms with Crippen molar-refractivity contribution >= 4 is 5.91 Å². The minimum absolute atomic E-state index is 0.166. The molecular weight excluding hydrogens is 214 g/mol. The van der Waals surface area contributed by atoms with E-state index in [9.17, 15) is 4.79 Å². The molecule has 1 saturated carbocycles. The Balaban J connectivity index is 2.25. The summed E-state index contributed by atoms with van der Waals surface area (Å²) in [7, 11) is 0. The number of hydrogen-bond acceptors (Lipinski definition) is 3. The standard InChI is InChI=1S/C13H27N3O/c1-2-9-16(10-8-14)11-13(17)15-12-6-4-3-5-7-12/h12H,2-11,14H2,1H3,(H,15,17). The molecule has 0 aromatic rings. The summed E-state index contributed by atoms with van der Waals surface area (Å²) in [6, 6.07) is 0.414. The molecule has 0 bridgehead atoms. The highest BCUT2D eigenvalue weighted by Gasteiger charge is 2.16. The quantitative estimate of drug-likeness (QED) is 0.702. The summed E-state index contributed by atoms with van der Waals surface area (Å²) in [5.74, 6) is 0.166. The Kier molecular flexibility index (Phi) is 7.21. The molecule has 100 valence electrons. The zero-order valence-electron chi connectivity index (χ0n) is 11.1. The highest BCUT2D eigenvalue weighted by Crippen LogP contribution is 2.17. The summed E-state index contributed by atoms with van der Waals surface area (Å²) < 4.78 is 0. The number of nitrogens with two attached hydrogens (primary N) is 1. The molecule has 17 heavy (non-hydrogen) atoms. The maximum atomic E-state index is 11.9. The minimum Gasteiger partial charge on any atom is -0.352 e. The van der Waals surface area contributed by atoms with Gasteiger partial charge in [-0.1, -0.05) is 26.2 Å². The number of rotatable bonds is 7. The van der Waals surface area contributed by atoms with Crippen LogP contribution in [0.1, 0.15) is 45.4 Å². The number of hydrogen-bond donors (Lipinski definition) is 2. The average Bonchev–Trinajstić information content (AvgIpc) is 2.30. The number of carbonyl (C=O) groups is 1. The fourth-order valence-corrected chi connectivity index (χ4v) is 2.49. The molecule has 4 heteroatoms. The Labute approximate surface area is 105 Å². The van der Waals surface area contributed by atoms with Crippen LogP contribution in [0.4, 0.5) is 0 Å². The number of carbonyl (C=O) groups excluding carboxylic acids is 1. The third-order valence-corrected chi connectivity index (χ3v) is 3.32. The summed E-state index contributed by atoms with van der Waals surface area (Å²) in [6.45, 7) is 5.02. The van der Waals surface area contributed by atoms with Crippen molar-refractivity contribution in [3.05, 3.63) is 0 Å². The van der Waals surface area contributed by atoms with Gasteiger partial charge in [0.15, 0.2) is 0 Å². The van der Waals surface area contributed by atoms with Crippen LogP contribution >= 0.6 is 0 Å². The lowest BCUT2D eigenvalue weighted by Gasteiger charge is -2.25. The Morgan fingerprint density at radius 2 is 2.00 bits per heavy atom. The second-order valence-electron chi connectivity index (χ2n) is 4.97. The van der Waals surface area contributed by atoms with Gasteiger partial charge in [-0.25, -0.2) is 0 Å². The molecule has 0 heterocycles. The molecule has 0 aromatic heterocycles. The summed E-state index contributed by atoms with van der Waals surface area (Å²) >= 11 is 0. The van der Waals surface area contributed by atoms with Crippen molar-refractivity contribution in [1.29, 1.82) is 0 Å². The molecule has 4 nitrogen and oxygen atoms in total. The van der Waals surface area contributed by atoms with Crippen LogP contribution in [0.5, 0.6) is 0 Å². The topological polar surface area (TPSA) is 58.4 Å². The maximum absolute atomic E-state index is 11.9. The van der Waals surface area contributed by atoms with Crippen LogP contribution in [0.15, 0.2) is 0 Å². The third kappa shape index (κ3) is 6.03. The van der Waals surface area contributed by atoms with Crippen molar-refractivity contribution < 1.29 is 4.79 Å². The second-order valence-corrected chi connectivity index (χ2v) is 4.97. The van der Waals surface area contributed by atoms with Crippen LogP contribution in [-0.4, -0.2) is 43.0 Å². The largest absolute Gasteiger partial charge is 0.352 e. The van der Waals surface area contributed by atoms with Crippen LogP contribution in [0.2, 0.25) is 0 Å². The van der Waals surface area contributed by atoms with Crippen molar-refractivity contribution in [2.24, 2.45) is 5.73 Å². The fourth-order valence-electron chi connectivity index (χ4n) is 2.49. The Bertz CT molecular complexity index is 209. The van der Waals surface area contributed by atoms with Gasteiger partial charge in [0, 0.05) is 19.1 Å². The van der Waals surface area contributed by atoms with Crippen molar-refractivity contribution in [2.45, 2.75) is 51.5 Å². The van der Waals surface area contributed by atoms with Gasteiger partial charge in [0.2, 0.25) is 5.91 Å². The van der Waals surface area contributed by atoms with E-state index in [1.54, 1.807) is 0 Å². The lowest BCUT2D eigenvalue weighted by Crippen LogP contribution is -2.44. The summed E-state index contributed by atoms with van der Waals surface area (Å²) in [5, 5.41) is 3.14. The van der Waals surface area contributed by atoms with E-state index in [1.807, 2.05) is 0 Å². The van der Waals surface area contributed by atoms with Gasteiger partial charge >= 0.3 is 0 Å². The molecule has 0 spiro atoms. The van der Waals surface area contributed by atoms with Gasteiger partial charge in [-0.3, -0.25) is 9.69 Å². The molecule has 1 rings (SSSR count). The van der Waals surface area contributed by atoms with Crippen LogP contribution < -0.4 is 11.1 Å². The Hall–Kier alpha value is -0.610. The molecule has 0 atom stereocenters. The first-order valence-electron chi connectivity index (χ1n) is 6.98. The van der Waals surface area contributed by atoms with E-state index in [-0.39, 0.29) is 5.91 Å². The number of amides is 1. The van der Waals surface area contributed by atoms with E-state index in [4.69, 9.17) is 5.73 Å². The summed E-state index contributed by atoms with van der Waals surface area (Å²) in [4.78, 5) is 14.0. The summed E-state index contributed by atoms with van der Waals surface area (Å²) in [6.07, 6.45) is 7.20. The van der Waals surface area contributed by atoms with Crippen LogP contribution in [0.3, 0.4) is 0 Å². The van der Waals surface area contributed by atoms with E-state index in [1.165, 1.54) is 19.3 Å². The monoisotopic (exact) mass is 241 g/mol. The van der Waals surface area contributed by atoms with Crippen LogP contribution in [0.25, 0.3) is 0 Å². The molecule has 1 amide bonds. The fraction of sp³-hybridized carbons (Fsp3) is 0.923. The predicted octanol–water partition coefficient (Wildman–Crippen LogP) is 1.11. The molecule has 0 radical (unpaired) electrons. The van der Waals surface area contributed by atoms with Crippen molar-refractivity contribution in [3.63, 3.8) is 0 Å². The van der Waals surface area contributed by atoms with E-state index < -0.39 is 0 Å². The van der Waals surface area contributed by atoms with E-state index in [0.29, 0.717) is 19.1 Å². The molecule has 1 aliphatic carbocycles. The Morgan fingerprint density at radius 1 is 1.29 bits per heavy atom. The molecule has 0 aromatic carbocycles. The lowest BCUT2D eigenvalue weighted by molar-refractivity contribution is -0.123. The Morgan fingerprint density at radius 3 is 2.59 bits per heavy atom. The number of nitrogens with one attached hydrogen (secondary N) is 1. The van der Waals surface area contributed by atoms with Gasteiger partial charge in [-0.2, -0.15) is 0 Å². The average molecular weight is 241 g/mol. The van der Waals surface area contributed by atoms with Crippen LogP contribution in [-0.2, 0) is 4.79 Å². The zero-order chi connectivity index (χ0) is 12.5. The third-order valence-electron chi connectivity index (χ3n) is 3.32. The lowest BCUT2D eigenvalue weighted by atomic mass is 9.95. The first-order valence-corrected chi connectivity index (χ1v) is 6.98. The highest BCUT2D eigenvalue weighted by atomic mass is 16.2. The van der Waals surface area contributed by atoms with Gasteiger partial charge in [0.25, 0.3) is 0 Å². The van der Waals surface area contributed by atoms with E-state index in [0.717, 1.165) is 32.4 Å². The molecule has 1 aliphatic rings. The first-order chi connectivity index (χ1) is 8.26. The number of nitrogens with zero attached hydrogens (tertiary/aromatic N) is 1. The highest BCUT2D eigenvalue weighted by molar-refractivity contribution is 5.78. The molecule has 0 unspecified atom stereocenters. The van der Waals surface area contributed by atoms with Crippen molar-refractivity contribution in [3.8, 4) is 0 Å². The van der Waals surface area contributed by atoms with Gasteiger partial charge < -0.3 is 11.1 Å². The molecule has 3 N–H and O–H groups in total. The minimum atomic E-state index is 0.166. The second kappa shape index (κ2) is 8.48. The smallest absolute Gasteiger partial charge is 0.234 e. The van der Waals surface area contributed by atoms with Crippen molar-refractivity contribution in [2.75, 3.05) is 26.2 Å². The zero-order valence-corrected chi connectivity index (χ0v) is 11.1. The van der Waals surface area contributed by atoms with Gasteiger partial charge in [0.1, 0.15) is 0 Å². The van der Waals surface area contributed by atoms with Gasteiger partial charge in [-0.05, 0) is 25.8 Å². The molecule has 0 saturated heterocycles. The summed E-state index contributed by atoms with van der Waals surface area (Å²) in [5.41, 5.74) is 5.55. The van der Waals surface area contributed by atoms with Crippen LogP contribution in [0, 0.1) is 0 Å². The van der Waals surface area contributed by atoms with Gasteiger partial charge in [-0.15, -0.1) is 0 Å². The van der Waals surface area contributed by atoms with E-state index in [2.05, 4.69) is 17.1 Å². The SMILES string of the molecule is CCCN(CCN)CC(=O)NC1CCCCC1. The first kappa shape index (κ1) is 14.5. The molecule has 0 aliphatic heterocycles. The molecular formula is C13H27N3O. The normalized spacial score (nSPS) is 17.4. The predicted molar refractivity (Wildman–Crippen MR) is 70.8 cm³/mol. The van der Waals surface area contributed by atoms with Crippen molar-refractivity contribution in [1.82, 2.24) is 10.2 Å².